The second-order valence-corrected chi connectivity index (χ2v) is 4.42. The SMILES string of the molecule is CCCCCC1CCc2c1oc(=O)[nH]c2=O. The van der Waals surface area contributed by atoms with Gasteiger partial charge in [0.15, 0.2) is 0 Å². The summed E-state index contributed by atoms with van der Waals surface area (Å²) in [5.41, 5.74) is 0.422. The van der Waals surface area contributed by atoms with Crippen LogP contribution in [0.15, 0.2) is 14.0 Å². The van der Waals surface area contributed by atoms with Crippen LogP contribution < -0.4 is 11.3 Å². The zero-order chi connectivity index (χ0) is 11.5. The predicted octanol–water partition coefficient (Wildman–Crippen LogP) is 1.94. The van der Waals surface area contributed by atoms with Crippen molar-refractivity contribution >= 4 is 0 Å². The number of hydrogen-bond donors (Lipinski definition) is 1. The Morgan fingerprint density at radius 2 is 2.19 bits per heavy atom. The van der Waals surface area contributed by atoms with Crippen LogP contribution in [0.3, 0.4) is 0 Å². The van der Waals surface area contributed by atoms with Gasteiger partial charge in [0.1, 0.15) is 5.76 Å². The Bertz CT molecular complexity index is 472. The lowest BCUT2D eigenvalue weighted by Crippen LogP contribution is -2.22. The lowest BCUT2D eigenvalue weighted by molar-refractivity contribution is 0.395. The molecule has 0 saturated carbocycles. The molecule has 1 heterocycles. The van der Waals surface area contributed by atoms with Gasteiger partial charge < -0.3 is 4.42 Å². The van der Waals surface area contributed by atoms with E-state index in [2.05, 4.69) is 11.9 Å². The van der Waals surface area contributed by atoms with E-state index in [4.69, 9.17) is 4.42 Å². The Morgan fingerprint density at radius 1 is 1.38 bits per heavy atom. The van der Waals surface area contributed by atoms with Gasteiger partial charge in [0, 0.05) is 5.92 Å². The van der Waals surface area contributed by atoms with Gasteiger partial charge in [-0.3, -0.25) is 9.78 Å². The van der Waals surface area contributed by atoms with Crippen molar-refractivity contribution in [2.24, 2.45) is 0 Å². The smallest absolute Gasteiger partial charge is 0.414 e. The number of fused-ring (bicyclic) bond motifs is 1. The van der Waals surface area contributed by atoms with E-state index in [1.807, 2.05) is 0 Å². The minimum atomic E-state index is -0.619. The van der Waals surface area contributed by atoms with Crippen LogP contribution in [0.2, 0.25) is 0 Å². The van der Waals surface area contributed by atoms with Crippen LogP contribution >= 0.6 is 0 Å². The number of unbranched alkanes of at least 4 members (excludes halogenated alkanes) is 2. The van der Waals surface area contributed by atoms with Crippen molar-refractivity contribution in [3.8, 4) is 0 Å². The van der Waals surface area contributed by atoms with Gasteiger partial charge in [-0.15, -0.1) is 0 Å². The maximum atomic E-state index is 11.5. The van der Waals surface area contributed by atoms with E-state index in [0.717, 1.165) is 25.7 Å². The number of rotatable bonds is 4. The minimum absolute atomic E-state index is 0.260. The van der Waals surface area contributed by atoms with Gasteiger partial charge in [-0.05, 0) is 19.3 Å². The van der Waals surface area contributed by atoms with E-state index in [1.54, 1.807) is 0 Å². The van der Waals surface area contributed by atoms with E-state index < -0.39 is 5.76 Å². The molecule has 88 valence electrons. The summed E-state index contributed by atoms with van der Waals surface area (Å²) < 4.78 is 5.13. The average Bonchev–Trinajstić information content (AvgIpc) is 2.62. The van der Waals surface area contributed by atoms with Gasteiger partial charge in [-0.1, -0.05) is 26.2 Å². The van der Waals surface area contributed by atoms with Crippen LogP contribution in [0, 0.1) is 0 Å². The standard InChI is InChI=1S/C12H17NO3/c1-2-3-4-5-8-6-7-9-10(8)16-12(15)13-11(9)14/h8H,2-7H2,1H3,(H,13,14,15). The summed E-state index contributed by atoms with van der Waals surface area (Å²) in [6, 6.07) is 0. The predicted molar refractivity (Wildman–Crippen MR) is 60.8 cm³/mol. The molecule has 1 aliphatic rings. The van der Waals surface area contributed by atoms with Crippen LogP contribution in [0.1, 0.15) is 56.3 Å². The molecule has 1 atom stereocenters. The summed E-state index contributed by atoms with van der Waals surface area (Å²) in [5.74, 6) is 0.299. The molecule has 0 aromatic carbocycles. The summed E-state index contributed by atoms with van der Waals surface area (Å²) in [7, 11) is 0. The molecule has 1 unspecified atom stereocenters. The Kier molecular flexibility index (Phi) is 3.27. The van der Waals surface area contributed by atoms with Crippen molar-refractivity contribution in [3.63, 3.8) is 0 Å². The van der Waals surface area contributed by atoms with E-state index in [0.29, 0.717) is 11.3 Å². The molecule has 1 aliphatic carbocycles. The molecule has 0 bridgehead atoms. The molecule has 2 rings (SSSR count). The maximum Gasteiger partial charge on any atom is 0.419 e. The van der Waals surface area contributed by atoms with E-state index in [9.17, 15) is 9.59 Å². The normalized spacial score (nSPS) is 18.7. The molecule has 4 heteroatoms. The summed E-state index contributed by atoms with van der Waals surface area (Å²) in [5, 5.41) is 0. The first kappa shape index (κ1) is 11.2. The lowest BCUT2D eigenvalue weighted by atomic mass is 10.00. The third-order valence-corrected chi connectivity index (χ3v) is 3.26. The van der Waals surface area contributed by atoms with Gasteiger partial charge in [0.05, 0.1) is 5.56 Å². The minimum Gasteiger partial charge on any atom is -0.414 e. The monoisotopic (exact) mass is 223 g/mol. The molecule has 0 fully saturated rings. The number of aromatic amines is 1. The highest BCUT2D eigenvalue weighted by Crippen LogP contribution is 2.33. The molecule has 0 amide bonds. The summed E-state index contributed by atoms with van der Waals surface area (Å²) in [6.45, 7) is 2.16. The zero-order valence-electron chi connectivity index (χ0n) is 9.54. The van der Waals surface area contributed by atoms with Crippen molar-refractivity contribution in [2.45, 2.75) is 51.4 Å². The van der Waals surface area contributed by atoms with Crippen LogP contribution in [-0.4, -0.2) is 4.98 Å². The van der Waals surface area contributed by atoms with Crippen molar-refractivity contribution in [2.75, 3.05) is 0 Å². The molecule has 16 heavy (non-hydrogen) atoms. The number of nitrogens with one attached hydrogen (secondary N) is 1. The fourth-order valence-electron chi connectivity index (χ4n) is 2.40. The Balaban J connectivity index is 2.19. The molecule has 0 saturated heterocycles. The Labute approximate surface area is 93.7 Å². The molecular weight excluding hydrogens is 206 g/mol. The van der Waals surface area contributed by atoms with Gasteiger partial charge >= 0.3 is 5.76 Å². The van der Waals surface area contributed by atoms with Crippen molar-refractivity contribution in [1.29, 1.82) is 0 Å². The van der Waals surface area contributed by atoms with Crippen LogP contribution in [0.4, 0.5) is 0 Å². The van der Waals surface area contributed by atoms with Crippen molar-refractivity contribution in [3.05, 3.63) is 32.2 Å². The molecule has 0 radical (unpaired) electrons. The van der Waals surface area contributed by atoms with Crippen molar-refractivity contribution in [1.82, 2.24) is 4.98 Å². The molecule has 1 aromatic heterocycles. The zero-order valence-corrected chi connectivity index (χ0v) is 9.54. The third kappa shape index (κ3) is 2.10. The van der Waals surface area contributed by atoms with Crippen LogP contribution in [0.5, 0.6) is 0 Å². The quantitative estimate of drug-likeness (QED) is 0.793. The second-order valence-electron chi connectivity index (χ2n) is 4.42. The van der Waals surface area contributed by atoms with Crippen molar-refractivity contribution < 1.29 is 4.42 Å². The largest absolute Gasteiger partial charge is 0.419 e. The molecule has 1 N–H and O–H groups in total. The molecule has 1 aromatic rings. The van der Waals surface area contributed by atoms with Crippen LogP contribution in [0.25, 0.3) is 0 Å². The Morgan fingerprint density at radius 3 is 2.94 bits per heavy atom. The molecule has 0 aliphatic heterocycles. The first-order chi connectivity index (χ1) is 7.72. The highest BCUT2D eigenvalue weighted by atomic mass is 16.4. The number of H-pyrrole nitrogens is 1. The van der Waals surface area contributed by atoms with Gasteiger partial charge in [0.2, 0.25) is 0 Å². The molecule has 4 nitrogen and oxygen atoms in total. The maximum absolute atomic E-state index is 11.5. The van der Waals surface area contributed by atoms with E-state index in [-0.39, 0.29) is 11.5 Å². The number of hydrogen-bond acceptors (Lipinski definition) is 3. The highest BCUT2D eigenvalue weighted by molar-refractivity contribution is 5.23. The average molecular weight is 223 g/mol. The lowest BCUT2D eigenvalue weighted by Gasteiger charge is -2.08. The summed E-state index contributed by atoms with van der Waals surface area (Å²) in [6.07, 6.45) is 6.21. The van der Waals surface area contributed by atoms with E-state index >= 15 is 0 Å². The second kappa shape index (κ2) is 4.68. The van der Waals surface area contributed by atoms with Gasteiger partial charge in [-0.2, -0.15) is 0 Å². The summed E-state index contributed by atoms with van der Waals surface area (Å²) >= 11 is 0. The first-order valence-corrected chi connectivity index (χ1v) is 5.98. The summed E-state index contributed by atoms with van der Waals surface area (Å²) in [4.78, 5) is 24.8. The van der Waals surface area contributed by atoms with Gasteiger partial charge in [-0.25, -0.2) is 4.79 Å². The van der Waals surface area contributed by atoms with Crippen LogP contribution in [-0.2, 0) is 6.42 Å². The molecular formula is C12H17NO3. The first-order valence-electron chi connectivity index (χ1n) is 5.98. The topological polar surface area (TPSA) is 63.1 Å². The fraction of sp³-hybridized carbons (Fsp3) is 0.667. The van der Waals surface area contributed by atoms with E-state index in [1.165, 1.54) is 12.8 Å². The third-order valence-electron chi connectivity index (χ3n) is 3.26. The number of aromatic nitrogens is 1. The fourth-order valence-corrected chi connectivity index (χ4v) is 2.40. The molecule has 0 spiro atoms. The van der Waals surface area contributed by atoms with Gasteiger partial charge in [0.25, 0.3) is 5.56 Å². The Hall–Kier alpha value is -1.32. The highest BCUT2D eigenvalue weighted by Gasteiger charge is 2.27.